The largest absolute Gasteiger partial charge is 0.329 e. The summed E-state index contributed by atoms with van der Waals surface area (Å²) >= 11 is 6.21. The summed E-state index contributed by atoms with van der Waals surface area (Å²) in [6, 6.07) is 25.5. The first-order chi connectivity index (χ1) is 18.0. The number of hydrogen-bond donors (Lipinski definition) is 0. The zero-order valence-corrected chi connectivity index (χ0v) is 20.9. The molecular weight excluding hydrogens is 484 g/mol. The van der Waals surface area contributed by atoms with E-state index in [1.54, 1.807) is 29.2 Å². The molecule has 3 heterocycles. The molecule has 0 aliphatic carbocycles. The van der Waals surface area contributed by atoms with Crippen molar-refractivity contribution in [3.8, 4) is 0 Å². The van der Waals surface area contributed by atoms with Gasteiger partial charge in [-0.3, -0.25) is 9.48 Å². The van der Waals surface area contributed by atoms with Crippen molar-refractivity contribution in [2.75, 3.05) is 11.9 Å². The Morgan fingerprint density at radius 2 is 1.65 bits per heavy atom. The van der Waals surface area contributed by atoms with Crippen LogP contribution in [-0.4, -0.2) is 31.4 Å². The van der Waals surface area contributed by atoms with E-state index >= 15 is 0 Å². The molecule has 6 aromatic rings. The van der Waals surface area contributed by atoms with Crippen LogP contribution in [0.2, 0.25) is 5.02 Å². The molecule has 0 saturated carbocycles. The standard InChI is InChI=1S/C29H23ClN6O/c1-34(25-12-10-22-9-11-24(30)14-23(22)15-25)29-26-18-36(33-28(26)31-19-32-29)17-21-7-5-20(6-8-21)16-35-13-3-2-4-27(35)37/h2-15,18-19H,16-17H2,1H3. The molecule has 182 valence electrons. The van der Waals surface area contributed by atoms with E-state index in [2.05, 4.69) is 45.4 Å². The van der Waals surface area contributed by atoms with Gasteiger partial charge in [0.1, 0.15) is 12.1 Å². The Hall–Kier alpha value is -4.49. The summed E-state index contributed by atoms with van der Waals surface area (Å²) in [4.78, 5) is 23.0. The second-order valence-electron chi connectivity index (χ2n) is 8.98. The van der Waals surface area contributed by atoms with E-state index in [0.717, 1.165) is 38.8 Å². The molecular formula is C29H23ClN6O. The van der Waals surface area contributed by atoms with Crippen LogP contribution in [0.1, 0.15) is 11.1 Å². The molecule has 0 spiro atoms. The van der Waals surface area contributed by atoms with E-state index < -0.39 is 0 Å². The van der Waals surface area contributed by atoms with Crippen LogP contribution in [0, 0.1) is 0 Å². The third-order valence-electron chi connectivity index (χ3n) is 6.45. The maximum atomic E-state index is 12.0. The molecule has 0 fully saturated rings. The second kappa shape index (κ2) is 9.52. The van der Waals surface area contributed by atoms with Crippen molar-refractivity contribution in [2.45, 2.75) is 13.1 Å². The summed E-state index contributed by atoms with van der Waals surface area (Å²) in [5.41, 5.74) is 3.79. The van der Waals surface area contributed by atoms with Crippen molar-refractivity contribution in [1.82, 2.24) is 24.3 Å². The Bertz CT molecular complexity index is 1790. The lowest BCUT2D eigenvalue weighted by Crippen LogP contribution is -2.18. The number of nitrogens with zero attached hydrogens (tertiary/aromatic N) is 6. The highest BCUT2D eigenvalue weighted by Gasteiger charge is 2.14. The van der Waals surface area contributed by atoms with Gasteiger partial charge in [-0.2, -0.15) is 5.10 Å². The molecule has 6 rings (SSSR count). The molecule has 0 saturated heterocycles. The molecule has 37 heavy (non-hydrogen) atoms. The Labute approximate surface area is 218 Å². The minimum atomic E-state index is -0.0100. The van der Waals surface area contributed by atoms with Gasteiger partial charge < -0.3 is 9.47 Å². The summed E-state index contributed by atoms with van der Waals surface area (Å²) in [6.45, 7) is 1.14. The van der Waals surface area contributed by atoms with Gasteiger partial charge >= 0.3 is 0 Å². The fraction of sp³-hybridized carbons (Fsp3) is 0.103. The molecule has 0 unspecified atom stereocenters. The fourth-order valence-corrected chi connectivity index (χ4v) is 4.66. The molecule has 0 amide bonds. The van der Waals surface area contributed by atoms with Gasteiger partial charge in [-0.25, -0.2) is 9.97 Å². The number of rotatable bonds is 6. The number of fused-ring (bicyclic) bond motifs is 2. The summed E-state index contributed by atoms with van der Waals surface area (Å²) < 4.78 is 3.57. The van der Waals surface area contributed by atoms with Gasteiger partial charge in [-0.05, 0) is 52.2 Å². The minimum Gasteiger partial charge on any atom is -0.329 e. The summed E-state index contributed by atoms with van der Waals surface area (Å²) in [7, 11) is 1.99. The van der Waals surface area contributed by atoms with Gasteiger partial charge in [0.15, 0.2) is 5.65 Å². The highest BCUT2D eigenvalue weighted by molar-refractivity contribution is 6.31. The van der Waals surface area contributed by atoms with Gasteiger partial charge in [0.2, 0.25) is 0 Å². The number of pyridine rings is 1. The lowest BCUT2D eigenvalue weighted by atomic mass is 10.1. The average Bonchev–Trinajstić information content (AvgIpc) is 3.33. The number of benzene rings is 3. The Morgan fingerprint density at radius 3 is 2.46 bits per heavy atom. The molecule has 3 aromatic heterocycles. The van der Waals surface area contributed by atoms with Crippen LogP contribution in [0.15, 0.2) is 102 Å². The van der Waals surface area contributed by atoms with E-state index in [1.165, 1.54) is 0 Å². The van der Waals surface area contributed by atoms with Gasteiger partial charge in [0, 0.05) is 36.2 Å². The van der Waals surface area contributed by atoms with Crippen LogP contribution in [0.5, 0.6) is 0 Å². The first kappa shape index (κ1) is 22.9. The topological polar surface area (TPSA) is 68.8 Å². The smallest absolute Gasteiger partial charge is 0.250 e. The zero-order chi connectivity index (χ0) is 25.4. The molecule has 0 atom stereocenters. The number of hydrogen-bond acceptors (Lipinski definition) is 5. The Morgan fingerprint density at radius 1 is 0.865 bits per heavy atom. The Balaban J connectivity index is 1.25. The van der Waals surface area contributed by atoms with Gasteiger partial charge in [-0.1, -0.05) is 54.1 Å². The van der Waals surface area contributed by atoms with Crippen LogP contribution in [0.4, 0.5) is 11.5 Å². The first-order valence-corrected chi connectivity index (χ1v) is 12.3. The number of anilines is 2. The molecule has 8 heteroatoms. The maximum absolute atomic E-state index is 12.0. The van der Waals surface area contributed by atoms with E-state index in [9.17, 15) is 4.79 Å². The van der Waals surface area contributed by atoms with Gasteiger partial charge in [0.25, 0.3) is 5.56 Å². The third kappa shape index (κ3) is 4.69. The predicted octanol–water partition coefficient (Wildman–Crippen LogP) is 5.66. The fourth-order valence-electron chi connectivity index (χ4n) is 4.48. The first-order valence-electron chi connectivity index (χ1n) is 11.9. The number of aromatic nitrogens is 5. The third-order valence-corrected chi connectivity index (χ3v) is 6.69. The lowest BCUT2D eigenvalue weighted by molar-refractivity contribution is 0.692. The maximum Gasteiger partial charge on any atom is 0.250 e. The molecule has 0 aliphatic rings. The molecule has 0 bridgehead atoms. The van der Waals surface area contributed by atoms with Crippen molar-refractivity contribution >= 4 is 44.9 Å². The highest BCUT2D eigenvalue weighted by Crippen LogP contribution is 2.31. The lowest BCUT2D eigenvalue weighted by Gasteiger charge is -2.19. The Kier molecular flexibility index (Phi) is 5.90. The van der Waals surface area contributed by atoms with Crippen LogP contribution in [0.3, 0.4) is 0 Å². The minimum absolute atomic E-state index is 0.0100. The molecule has 0 radical (unpaired) electrons. The zero-order valence-electron chi connectivity index (χ0n) is 20.1. The SMILES string of the molecule is CN(c1ccc2ccc(Cl)cc2c1)c1ncnc2nn(Cc3ccc(Cn4ccccc4=O)cc3)cc12. The molecule has 7 nitrogen and oxygen atoms in total. The monoisotopic (exact) mass is 506 g/mol. The predicted molar refractivity (Wildman–Crippen MR) is 148 cm³/mol. The van der Waals surface area contributed by atoms with E-state index in [-0.39, 0.29) is 5.56 Å². The normalized spacial score (nSPS) is 11.3. The van der Waals surface area contributed by atoms with Crippen molar-refractivity contribution in [3.05, 3.63) is 124 Å². The second-order valence-corrected chi connectivity index (χ2v) is 9.42. The van der Waals surface area contributed by atoms with Crippen LogP contribution in [-0.2, 0) is 13.1 Å². The quantitative estimate of drug-likeness (QED) is 0.291. The van der Waals surface area contributed by atoms with Crippen molar-refractivity contribution in [1.29, 1.82) is 0 Å². The van der Waals surface area contributed by atoms with E-state index in [4.69, 9.17) is 11.6 Å². The number of halogens is 1. The summed E-state index contributed by atoms with van der Waals surface area (Å²) in [5, 5.41) is 8.46. The van der Waals surface area contributed by atoms with Gasteiger partial charge in [-0.15, -0.1) is 0 Å². The van der Waals surface area contributed by atoms with Crippen molar-refractivity contribution in [3.63, 3.8) is 0 Å². The summed E-state index contributed by atoms with van der Waals surface area (Å²) in [5.74, 6) is 0.779. The van der Waals surface area contributed by atoms with Gasteiger partial charge in [0.05, 0.1) is 18.5 Å². The van der Waals surface area contributed by atoms with Crippen molar-refractivity contribution < 1.29 is 0 Å². The van der Waals surface area contributed by atoms with Crippen LogP contribution in [0.25, 0.3) is 21.8 Å². The highest BCUT2D eigenvalue weighted by atomic mass is 35.5. The molecule has 0 N–H and O–H groups in total. The average molecular weight is 507 g/mol. The summed E-state index contributed by atoms with van der Waals surface area (Å²) in [6.07, 6.45) is 5.33. The van der Waals surface area contributed by atoms with E-state index in [1.807, 2.05) is 59.2 Å². The van der Waals surface area contributed by atoms with Crippen LogP contribution < -0.4 is 10.5 Å². The molecule has 0 aliphatic heterocycles. The van der Waals surface area contributed by atoms with E-state index in [0.29, 0.717) is 23.8 Å². The van der Waals surface area contributed by atoms with Crippen molar-refractivity contribution in [2.24, 2.45) is 0 Å². The van der Waals surface area contributed by atoms with Crippen LogP contribution >= 0.6 is 11.6 Å². The molecule has 3 aromatic carbocycles.